The Hall–Kier alpha value is -1.56. The number of cyclic esters (lactones) is 1. The molecule has 3 nitrogen and oxygen atoms in total. The van der Waals surface area contributed by atoms with Crippen molar-refractivity contribution < 1.29 is 22.7 Å². The molecule has 1 heterocycles. The van der Waals surface area contributed by atoms with Gasteiger partial charge in [0.05, 0.1) is 6.42 Å². The number of carbonyl (C=O) groups is 1. The lowest BCUT2D eigenvalue weighted by Crippen LogP contribution is -2.28. The van der Waals surface area contributed by atoms with Gasteiger partial charge in [-0.1, -0.05) is 18.2 Å². The van der Waals surface area contributed by atoms with E-state index in [1.165, 1.54) is 6.07 Å². The van der Waals surface area contributed by atoms with Crippen LogP contribution in [0.25, 0.3) is 0 Å². The maximum atomic E-state index is 13.3. The molecule has 0 spiro atoms. The predicted molar refractivity (Wildman–Crippen MR) is 62.4 cm³/mol. The van der Waals surface area contributed by atoms with Crippen molar-refractivity contribution in [1.29, 1.82) is 0 Å². The summed E-state index contributed by atoms with van der Waals surface area (Å²) in [6.07, 6.45) is -0.967. The van der Waals surface area contributed by atoms with Gasteiger partial charge >= 0.3 is 11.9 Å². The topological polar surface area (TPSA) is 38.3 Å². The Morgan fingerprint density at radius 2 is 2.11 bits per heavy atom. The number of benzene rings is 1. The molecule has 19 heavy (non-hydrogen) atoms. The first-order valence-electron chi connectivity index (χ1n) is 6.02. The third-order valence-electron chi connectivity index (χ3n) is 2.96. The monoisotopic (exact) mass is 273 g/mol. The van der Waals surface area contributed by atoms with Crippen molar-refractivity contribution in [3.63, 3.8) is 0 Å². The fraction of sp³-hybridized carbons (Fsp3) is 0.462. The number of rotatable bonds is 5. The van der Waals surface area contributed by atoms with Crippen LogP contribution in [0.15, 0.2) is 24.3 Å². The Labute approximate surface area is 108 Å². The molecule has 1 N–H and O–H groups in total. The lowest BCUT2D eigenvalue weighted by atomic mass is 10.1. The van der Waals surface area contributed by atoms with E-state index >= 15 is 0 Å². The summed E-state index contributed by atoms with van der Waals surface area (Å²) < 4.78 is 43.5. The maximum Gasteiger partial charge on any atom is 0.377 e. The largest absolute Gasteiger partial charge is 0.456 e. The van der Waals surface area contributed by atoms with Crippen molar-refractivity contribution in [3.05, 3.63) is 35.6 Å². The van der Waals surface area contributed by atoms with Gasteiger partial charge in [-0.2, -0.15) is 8.78 Å². The van der Waals surface area contributed by atoms with Crippen LogP contribution >= 0.6 is 0 Å². The molecule has 0 saturated carbocycles. The van der Waals surface area contributed by atoms with E-state index in [1.54, 1.807) is 18.2 Å². The van der Waals surface area contributed by atoms with Crippen LogP contribution in [0.3, 0.4) is 0 Å². The summed E-state index contributed by atoms with van der Waals surface area (Å²) in [5.74, 6) is -5.13. The Morgan fingerprint density at radius 1 is 1.37 bits per heavy atom. The van der Waals surface area contributed by atoms with Crippen LogP contribution in [-0.2, 0) is 16.0 Å². The first-order chi connectivity index (χ1) is 8.99. The number of carbonyl (C=O) groups excluding carboxylic acids is 1. The highest BCUT2D eigenvalue weighted by atomic mass is 19.3. The zero-order valence-corrected chi connectivity index (χ0v) is 10.2. The second-order valence-electron chi connectivity index (χ2n) is 4.48. The Kier molecular flexibility index (Phi) is 4.09. The summed E-state index contributed by atoms with van der Waals surface area (Å²) >= 11 is 0. The fourth-order valence-electron chi connectivity index (χ4n) is 1.95. The summed E-state index contributed by atoms with van der Waals surface area (Å²) in [7, 11) is 0. The van der Waals surface area contributed by atoms with Gasteiger partial charge in [-0.25, -0.2) is 9.18 Å². The van der Waals surface area contributed by atoms with Crippen LogP contribution in [0.5, 0.6) is 0 Å². The van der Waals surface area contributed by atoms with Gasteiger partial charge in [0.25, 0.3) is 0 Å². The molecule has 6 heteroatoms. The molecule has 104 valence electrons. The normalized spacial score (nSPS) is 21.4. The van der Waals surface area contributed by atoms with Gasteiger partial charge in [-0.15, -0.1) is 0 Å². The molecule has 1 unspecified atom stereocenters. The lowest BCUT2D eigenvalue weighted by Gasteiger charge is -2.10. The minimum atomic E-state index is -3.38. The minimum Gasteiger partial charge on any atom is -0.456 e. The number of esters is 1. The molecule has 1 aliphatic rings. The summed E-state index contributed by atoms with van der Waals surface area (Å²) in [5.41, 5.74) is 0.559. The molecule has 0 amide bonds. The third kappa shape index (κ3) is 3.47. The molecule has 2 rings (SSSR count). The van der Waals surface area contributed by atoms with Gasteiger partial charge in [0.2, 0.25) is 0 Å². The van der Waals surface area contributed by atoms with Crippen molar-refractivity contribution in [2.75, 3.05) is 13.1 Å². The first kappa shape index (κ1) is 13.9. The van der Waals surface area contributed by atoms with Gasteiger partial charge in [-0.05, 0) is 24.6 Å². The molecule has 1 atom stereocenters. The molecule has 1 aliphatic heterocycles. The smallest absolute Gasteiger partial charge is 0.377 e. The number of hydrogen-bond acceptors (Lipinski definition) is 3. The molecule has 0 aromatic heterocycles. The number of alkyl halides is 2. The van der Waals surface area contributed by atoms with E-state index in [-0.39, 0.29) is 12.4 Å². The molecule has 0 bridgehead atoms. The Morgan fingerprint density at radius 3 is 2.74 bits per heavy atom. The lowest BCUT2D eigenvalue weighted by molar-refractivity contribution is -0.158. The van der Waals surface area contributed by atoms with Crippen molar-refractivity contribution in [2.45, 2.75) is 24.9 Å². The van der Waals surface area contributed by atoms with E-state index in [4.69, 9.17) is 0 Å². The molecule has 1 fully saturated rings. The average molecular weight is 273 g/mol. The van der Waals surface area contributed by atoms with E-state index in [2.05, 4.69) is 10.1 Å². The SMILES string of the molecule is O=C1OC(CNCCc2ccccc2F)CC1(F)F. The summed E-state index contributed by atoms with van der Waals surface area (Å²) in [4.78, 5) is 10.8. The van der Waals surface area contributed by atoms with Gasteiger partial charge in [0.1, 0.15) is 11.9 Å². The molecule has 1 saturated heterocycles. The quantitative estimate of drug-likeness (QED) is 0.658. The summed E-state index contributed by atoms with van der Waals surface area (Å²) in [6, 6.07) is 6.37. The van der Waals surface area contributed by atoms with Crippen LogP contribution in [-0.4, -0.2) is 31.1 Å². The maximum absolute atomic E-state index is 13.3. The van der Waals surface area contributed by atoms with E-state index in [0.29, 0.717) is 18.5 Å². The average Bonchev–Trinajstić information content (AvgIpc) is 2.61. The number of halogens is 3. The zero-order chi connectivity index (χ0) is 13.9. The van der Waals surface area contributed by atoms with Crippen molar-refractivity contribution in [1.82, 2.24) is 5.32 Å². The van der Waals surface area contributed by atoms with Gasteiger partial charge < -0.3 is 10.1 Å². The predicted octanol–water partition coefficient (Wildman–Crippen LogP) is 1.91. The van der Waals surface area contributed by atoms with Crippen LogP contribution in [0.4, 0.5) is 13.2 Å². The van der Waals surface area contributed by atoms with Crippen LogP contribution in [0, 0.1) is 5.82 Å². The van der Waals surface area contributed by atoms with E-state index in [1.807, 2.05) is 0 Å². The van der Waals surface area contributed by atoms with E-state index in [0.717, 1.165) is 0 Å². The highest BCUT2D eigenvalue weighted by molar-refractivity contribution is 5.79. The van der Waals surface area contributed by atoms with Gasteiger partial charge in [0.15, 0.2) is 0 Å². The number of ether oxygens (including phenoxy) is 1. The second kappa shape index (κ2) is 5.61. The fourth-order valence-corrected chi connectivity index (χ4v) is 1.95. The van der Waals surface area contributed by atoms with Crippen molar-refractivity contribution >= 4 is 5.97 Å². The van der Waals surface area contributed by atoms with Crippen LogP contribution in [0.2, 0.25) is 0 Å². The Bertz CT molecular complexity index is 465. The van der Waals surface area contributed by atoms with Crippen LogP contribution in [0.1, 0.15) is 12.0 Å². The molecule has 0 radical (unpaired) electrons. The van der Waals surface area contributed by atoms with E-state index in [9.17, 15) is 18.0 Å². The van der Waals surface area contributed by atoms with E-state index < -0.39 is 24.4 Å². The van der Waals surface area contributed by atoms with Crippen molar-refractivity contribution in [3.8, 4) is 0 Å². The molecular formula is C13H14F3NO2. The van der Waals surface area contributed by atoms with Gasteiger partial charge in [0, 0.05) is 6.54 Å². The summed E-state index contributed by atoms with van der Waals surface area (Å²) in [6.45, 7) is 0.580. The Balaban J connectivity index is 1.71. The summed E-state index contributed by atoms with van der Waals surface area (Å²) in [5, 5.41) is 2.88. The molecule has 0 aliphatic carbocycles. The molecule has 1 aromatic carbocycles. The minimum absolute atomic E-state index is 0.149. The highest BCUT2D eigenvalue weighted by Crippen LogP contribution is 2.30. The van der Waals surface area contributed by atoms with Crippen LogP contribution < -0.4 is 5.32 Å². The second-order valence-corrected chi connectivity index (χ2v) is 4.48. The number of nitrogens with one attached hydrogen (secondary N) is 1. The molecule has 1 aromatic rings. The van der Waals surface area contributed by atoms with Gasteiger partial charge in [-0.3, -0.25) is 0 Å². The third-order valence-corrected chi connectivity index (χ3v) is 2.96. The standard InChI is InChI=1S/C13H14F3NO2/c14-11-4-2-1-3-9(11)5-6-17-8-10-7-13(15,16)12(18)19-10/h1-4,10,17H,5-8H2. The number of hydrogen-bond donors (Lipinski definition) is 1. The first-order valence-corrected chi connectivity index (χ1v) is 6.02. The van der Waals surface area contributed by atoms with Crippen molar-refractivity contribution in [2.24, 2.45) is 0 Å². The molecular weight excluding hydrogens is 259 g/mol. The highest BCUT2D eigenvalue weighted by Gasteiger charge is 2.50. The zero-order valence-electron chi connectivity index (χ0n) is 10.2.